The first-order valence-electron chi connectivity index (χ1n) is 8.28. The third-order valence-corrected chi connectivity index (χ3v) is 4.92. The van der Waals surface area contributed by atoms with E-state index in [0.29, 0.717) is 13.0 Å². The molecule has 1 fully saturated rings. The quantitative estimate of drug-likeness (QED) is 0.807. The van der Waals surface area contributed by atoms with Crippen LogP contribution >= 0.6 is 11.3 Å². The molecule has 0 aliphatic carbocycles. The van der Waals surface area contributed by atoms with E-state index in [4.69, 9.17) is 0 Å². The highest BCUT2D eigenvalue weighted by Gasteiger charge is 2.21. The monoisotopic (exact) mass is 345 g/mol. The van der Waals surface area contributed by atoms with Crippen molar-refractivity contribution in [2.75, 3.05) is 37.6 Å². The van der Waals surface area contributed by atoms with E-state index in [0.717, 1.165) is 49.2 Å². The van der Waals surface area contributed by atoms with Crippen LogP contribution in [0.1, 0.15) is 17.1 Å². The van der Waals surface area contributed by atoms with E-state index in [-0.39, 0.29) is 5.91 Å². The Morgan fingerprint density at radius 1 is 1.29 bits per heavy atom. The molecule has 0 aromatic carbocycles. The van der Waals surface area contributed by atoms with Crippen molar-refractivity contribution in [2.45, 2.75) is 19.9 Å². The molecular formula is C17H23N5OS. The van der Waals surface area contributed by atoms with Crippen molar-refractivity contribution in [3.63, 3.8) is 0 Å². The summed E-state index contributed by atoms with van der Waals surface area (Å²) in [6.07, 6.45) is 2.34. The second-order valence-corrected chi connectivity index (χ2v) is 6.90. The van der Waals surface area contributed by atoms with E-state index in [2.05, 4.69) is 25.6 Å². The second kappa shape index (κ2) is 8.21. The van der Waals surface area contributed by atoms with E-state index >= 15 is 0 Å². The van der Waals surface area contributed by atoms with Crippen LogP contribution in [0.2, 0.25) is 0 Å². The average molecular weight is 345 g/mol. The lowest BCUT2D eigenvalue weighted by molar-refractivity contribution is -0.131. The van der Waals surface area contributed by atoms with E-state index in [1.807, 2.05) is 36.2 Å². The molecule has 1 aliphatic heterocycles. The molecule has 128 valence electrons. The number of anilines is 1. The lowest BCUT2D eigenvalue weighted by Gasteiger charge is -2.35. The molecule has 0 radical (unpaired) electrons. The number of carbonyl (C=O) groups is 1. The molecule has 3 heterocycles. The number of thiazole rings is 1. The molecule has 2 aromatic rings. The topological polar surface area (TPSA) is 61.4 Å². The zero-order valence-corrected chi connectivity index (χ0v) is 14.8. The maximum absolute atomic E-state index is 12.3. The molecule has 0 spiro atoms. The zero-order valence-electron chi connectivity index (χ0n) is 13.9. The van der Waals surface area contributed by atoms with E-state index in [1.54, 1.807) is 11.3 Å². The van der Waals surface area contributed by atoms with Crippen LogP contribution in [-0.2, 0) is 11.3 Å². The Kier molecular flexibility index (Phi) is 5.77. The summed E-state index contributed by atoms with van der Waals surface area (Å²) < 4.78 is 0. The molecule has 0 bridgehead atoms. The third-order valence-electron chi connectivity index (χ3n) is 4.09. The smallest absolute Gasteiger partial charge is 0.223 e. The van der Waals surface area contributed by atoms with Gasteiger partial charge in [0.15, 0.2) is 0 Å². The summed E-state index contributed by atoms with van der Waals surface area (Å²) in [6, 6.07) is 5.93. The molecule has 2 aromatic heterocycles. The molecule has 1 amide bonds. The fourth-order valence-electron chi connectivity index (χ4n) is 2.79. The van der Waals surface area contributed by atoms with E-state index in [1.165, 1.54) is 0 Å². The van der Waals surface area contributed by atoms with Gasteiger partial charge in [-0.15, -0.1) is 11.3 Å². The van der Waals surface area contributed by atoms with Crippen LogP contribution in [0.15, 0.2) is 29.8 Å². The van der Waals surface area contributed by atoms with Gasteiger partial charge in [-0.25, -0.2) is 9.97 Å². The summed E-state index contributed by atoms with van der Waals surface area (Å²) in [5.74, 6) is 1.21. The molecule has 24 heavy (non-hydrogen) atoms. The Balaban J connectivity index is 1.36. The predicted octanol–water partition coefficient (Wildman–Crippen LogP) is 1.68. The molecule has 0 saturated carbocycles. The number of hydrogen-bond acceptors (Lipinski definition) is 6. The predicted molar refractivity (Wildman–Crippen MR) is 96.2 cm³/mol. The largest absolute Gasteiger partial charge is 0.353 e. The van der Waals surface area contributed by atoms with Gasteiger partial charge in [-0.1, -0.05) is 6.07 Å². The molecule has 1 N–H and O–H groups in total. The SMILES string of the molecule is Cc1nc(CNCCC(=O)N2CCN(c3ccccn3)CC2)cs1. The molecule has 1 saturated heterocycles. The number of carbonyl (C=O) groups excluding carboxylic acids is 1. The number of aromatic nitrogens is 2. The maximum atomic E-state index is 12.3. The van der Waals surface area contributed by atoms with Gasteiger partial charge in [0.2, 0.25) is 5.91 Å². The van der Waals surface area contributed by atoms with Crippen molar-refractivity contribution in [2.24, 2.45) is 0 Å². The molecule has 1 aliphatic rings. The van der Waals surface area contributed by atoms with Gasteiger partial charge in [0.1, 0.15) is 5.82 Å². The highest BCUT2D eigenvalue weighted by Crippen LogP contribution is 2.13. The van der Waals surface area contributed by atoms with Crippen LogP contribution in [0, 0.1) is 6.92 Å². The number of nitrogens with zero attached hydrogens (tertiary/aromatic N) is 4. The number of amides is 1. The summed E-state index contributed by atoms with van der Waals surface area (Å²) in [5, 5.41) is 6.43. The lowest BCUT2D eigenvalue weighted by Crippen LogP contribution is -2.49. The fourth-order valence-corrected chi connectivity index (χ4v) is 3.40. The highest BCUT2D eigenvalue weighted by molar-refractivity contribution is 7.09. The standard InChI is InChI=1S/C17H23N5OS/c1-14-20-15(13-24-14)12-18-7-5-17(23)22-10-8-21(9-11-22)16-4-2-3-6-19-16/h2-4,6,13,18H,5,7-12H2,1H3. The van der Waals surface area contributed by atoms with Crippen molar-refractivity contribution in [1.29, 1.82) is 0 Å². The van der Waals surface area contributed by atoms with E-state index < -0.39 is 0 Å². The fraction of sp³-hybridized carbons (Fsp3) is 0.471. The Bertz CT molecular complexity index is 652. The second-order valence-electron chi connectivity index (χ2n) is 5.84. The van der Waals surface area contributed by atoms with Crippen LogP contribution in [0.25, 0.3) is 0 Å². The van der Waals surface area contributed by atoms with Gasteiger partial charge >= 0.3 is 0 Å². The first-order chi connectivity index (χ1) is 11.7. The lowest BCUT2D eigenvalue weighted by atomic mass is 10.2. The summed E-state index contributed by atoms with van der Waals surface area (Å²) in [6.45, 7) is 6.63. The summed E-state index contributed by atoms with van der Waals surface area (Å²) in [7, 11) is 0. The van der Waals surface area contributed by atoms with Gasteiger partial charge in [0.05, 0.1) is 10.7 Å². The minimum atomic E-state index is 0.220. The number of nitrogens with one attached hydrogen (secondary N) is 1. The molecule has 0 atom stereocenters. The summed E-state index contributed by atoms with van der Waals surface area (Å²) >= 11 is 1.65. The summed E-state index contributed by atoms with van der Waals surface area (Å²) in [4.78, 5) is 25.3. The Morgan fingerprint density at radius 3 is 2.79 bits per heavy atom. The van der Waals surface area contributed by atoms with Gasteiger partial charge in [-0.2, -0.15) is 0 Å². The number of aryl methyl sites for hydroxylation is 1. The van der Waals surface area contributed by atoms with Crippen LogP contribution in [0.3, 0.4) is 0 Å². The molecule has 6 nitrogen and oxygen atoms in total. The molecule has 0 unspecified atom stereocenters. The first-order valence-corrected chi connectivity index (χ1v) is 9.16. The number of rotatable bonds is 6. The van der Waals surface area contributed by atoms with Crippen molar-refractivity contribution in [3.05, 3.63) is 40.5 Å². The van der Waals surface area contributed by atoms with Gasteiger partial charge in [-0.3, -0.25) is 4.79 Å². The van der Waals surface area contributed by atoms with Gasteiger partial charge in [0.25, 0.3) is 0 Å². The molecule has 7 heteroatoms. The number of hydrogen-bond donors (Lipinski definition) is 1. The minimum Gasteiger partial charge on any atom is -0.353 e. The van der Waals surface area contributed by atoms with Crippen LogP contribution < -0.4 is 10.2 Å². The molecular weight excluding hydrogens is 322 g/mol. The summed E-state index contributed by atoms with van der Waals surface area (Å²) in [5.41, 5.74) is 1.05. The van der Waals surface area contributed by atoms with Crippen LogP contribution in [0.5, 0.6) is 0 Å². The zero-order chi connectivity index (χ0) is 16.8. The first kappa shape index (κ1) is 16.9. The van der Waals surface area contributed by atoms with Gasteiger partial charge in [0, 0.05) is 57.3 Å². The van der Waals surface area contributed by atoms with Crippen LogP contribution in [-0.4, -0.2) is 53.5 Å². The Morgan fingerprint density at radius 2 is 2.12 bits per heavy atom. The third kappa shape index (κ3) is 4.52. The van der Waals surface area contributed by atoms with Gasteiger partial charge < -0.3 is 15.1 Å². The number of pyridine rings is 1. The Labute approximate surface area is 146 Å². The molecule has 3 rings (SSSR count). The normalized spacial score (nSPS) is 14.9. The van der Waals surface area contributed by atoms with Crippen molar-refractivity contribution in [3.8, 4) is 0 Å². The van der Waals surface area contributed by atoms with Crippen molar-refractivity contribution in [1.82, 2.24) is 20.2 Å². The average Bonchev–Trinajstić information content (AvgIpc) is 3.05. The van der Waals surface area contributed by atoms with Crippen molar-refractivity contribution >= 4 is 23.1 Å². The maximum Gasteiger partial charge on any atom is 0.223 e. The van der Waals surface area contributed by atoms with E-state index in [9.17, 15) is 4.79 Å². The Hall–Kier alpha value is -1.99. The van der Waals surface area contributed by atoms with Crippen LogP contribution in [0.4, 0.5) is 5.82 Å². The van der Waals surface area contributed by atoms with Gasteiger partial charge in [-0.05, 0) is 19.1 Å². The number of piperazine rings is 1. The minimum absolute atomic E-state index is 0.220. The van der Waals surface area contributed by atoms with Crippen molar-refractivity contribution < 1.29 is 4.79 Å². The highest BCUT2D eigenvalue weighted by atomic mass is 32.1.